The van der Waals surface area contributed by atoms with Crippen molar-refractivity contribution in [3.8, 4) is 11.5 Å². The number of hydrogen-bond donors (Lipinski definition) is 2. The number of H-pyrrole nitrogens is 1. The van der Waals surface area contributed by atoms with Crippen LogP contribution < -0.4 is 30.9 Å². The number of hydrogen-bond acceptors (Lipinski definition) is 7. The maximum atomic E-state index is 12.9. The summed E-state index contributed by atoms with van der Waals surface area (Å²) in [6, 6.07) is 11.0. The number of benzene rings is 2. The summed E-state index contributed by atoms with van der Waals surface area (Å²) in [5.74, 6) is 0.731. The van der Waals surface area contributed by atoms with Crippen LogP contribution in [-0.4, -0.2) is 73.8 Å². The van der Waals surface area contributed by atoms with Gasteiger partial charge in [-0.1, -0.05) is 17.7 Å². The molecular weight excluding hydrogens is 510 g/mol. The van der Waals surface area contributed by atoms with Gasteiger partial charge in [-0.3, -0.25) is 19.1 Å². The summed E-state index contributed by atoms with van der Waals surface area (Å²) in [5.41, 5.74) is 0.570. The monoisotopic (exact) mass is 543 g/mol. The number of methoxy groups -OCH3 is 2. The molecule has 0 unspecified atom stereocenters. The first-order chi connectivity index (χ1) is 18.4. The Labute approximate surface area is 226 Å². The molecule has 0 bridgehead atoms. The molecule has 1 aromatic heterocycles. The normalized spacial score (nSPS) is 14.0. The van der Waals surface area contributed by atoms with Crippen molar-refractivity contribution in [2.24, 2.45) is 0 Å². The fourth-order valence-corrected chi connectivity index (χ4v) is 4.89. The second-order valence-corrected chi connectivity index (χ2v) is 9.69. The molecule has 2 N–H and O–H groups in total. The average Bonchev–Trinajstić information content (AvgIpc) is 2.92. The minimum absolute atomic E-state index is 0.0903. The third kappa shape index (κ3) is 6.68. The zero-order chi connectivity index (χ0) is 27.1. The van der Waals surface area contributed by atoms with Crippen LogP contribution in [0.15, 0.2) is 46.0 Å². The summed E-state index contributed by atoms with van der Waals surface area (Å²) in [5, 5.41) is 4.01. The van der Waals surface area contributed by atoms with Crippen molar-refractivity contribution in [1.82, 2.24) is 19.8 Å². The van der Waals surface area contributed by atoms with E-state index in [1.807, 2.05) is 18.2 Å². The van der Waals surface area contributed by atoms with Gasteiger partial charge in [0, 0.05) is 62.5 Å². The average molecular weight is 544 g/mol. The third-order valence-electron chi connectivity index (χ3n) is 6.79. The molecule has 38 heavy (non-hydrogen) atoms. The molecule has 1 aliphatic heterocycles. The van der Waals surface area contributed by atoms with Crippen LogP contribution in [0, 0.1) is 0 Å². The summed E-state index contributed by atoms with van der Waals surface area (Å²) in [7, 11) is 2.97. The van der Waals surface area contributed by atoms with Crippen LogP contribution in [0.3, 0.4) is 0 Å². The van der Waals surface area contributed by atoms with E-state index in [9.17, 15) is 14.4 Å². The Morgan fingerprint density at radius 2 is 1.74 bits per heavy atom. The Morgan fingerprint density at radius 3 is 2.45 bits per heavy atom. The molecule has 204 valence electrons. The van der Waals surface area contributed by atoms with Gasteiger partial charge < -0.3 is 24.7 Å². The van der Waals surface area contributed by atoms with Crippen LogP contribution >= 0.6 is 11.6 Å². The van der Waals surface area contributed by atoms with E-state index in [0.29, 0.717) is 35.4 Å². The molecule has 3 aromatic rings. The van der Waals surface area contributed by atoms with Crippen molar-refractivity contribution >= 4 is 34.1 Å². The van der Waals surface area contributed by atoms with Crippen molar-refractivity contribution in [1.29, 1.82) is 0 Å². The molecule has 1 amide bonds. The van der Waals surface area contributed by atoms with Gasteiger partial charge in [0.15, 0.2) is 11.5 Å². The third-order valence-corrected chi connectivity index (χ3v) is 7.03. The van der Waals surface area contributed by atoms with E-state index in [1.165, 1.54) is 14.2 Å². The zero-order valence-electron chi connectivity index (χ0n) is 21.8. The predicted molar refractivity (Wildman–Crippen MR) is 149 cm³/mol. The largest absolute Gasteiger partial charge is 0.493 e. The van der Waals surface area contributed by atoms with E-state index in [1.54, 1.807) is 12.1 Å². The lowest BCUT2D eigenvalue weighted by molar-refractivity contribution is -0.121. The zero-order valence-corrected chi connectivity index (χ0v) is 22.6. The van der Waals surface area contributed by atoms with Gasteiger partial charge in [-0.15, -0.1) is 0 Å². The second kappa shape index (κ2) is 12.8. The second-order valence-electron chi connectivity index (χ2n) is 9.26. The molecule has 0 spiro atoms. The summed E-state index contributed by atoms with van der Waals surface area (Å²) in [6.07, 6.45) is 1.46. The fourth-order valence-electron chi connectivity index (χ4n) is 4.70. The first-order valence-electron chi connectivity index (χ1n) is 12.8. The van der Waals surface area contributed by atoms with Crippen molar-refractivity contribution < 1.29 is 14.3 Å². The molecule has 4 rings (SSSR count). The highest BCUT2D eigenvalue weighted by Gasteiger charge is 2.17. The highest BCUT2D eigenvalue weighted by Crippen LogP contribution is 2.29. The van der Waals surface area contributed by atoms with Crippen LogP contribution in [0.1, 0.15) is 19.3 Å². The number of anilines is 1. The quantitative estimate of drug-likeness (QED) is 0.358. The van der Waals surface area contributed by atoms with E-state index in [0.717, 1.165) is 54.4 Å². The van der Waals surface area contributed by atoms with Crippen molar-refractivity contribution in [2.75, 3.05) is 58.4 Å². The number of ether oxygens (including phenoxy) is 2. The number of amides is 1. The maximum absolute atomic E-state index is 12.9. The minimum atomic E-state index is -0.523. The molecule has 10 nitrogen and oxygen atoms in total. The molecule has 0 aliphatic carbocycles. The summed E-state index contributed by atoms with van der Waals surface area (Å²) in [4.78, 5) is 45.1. The highest BCUT2D eigenvalue weighted by molar-refractivity contribution is 6.30. The summed E-state index contributed by atoms with van der Waals surface area (Å²) >= 11 is 6.11. The summed E-state index contributed by atoms with van der Waals surface area (Å²) < 4.78 is 11.6. The number of halogens is 1. The van der Waals surface area contributed by atoms with E-state index in [4.69, 9.17) is 21.1 Å². The molecule has 0 atom stereocenters. The van der Waals surface area contributed by atoms with E-state index >= 15 is 0 Å². The molecule has 0 saturated carbocycles. The van der Waals surface area contributed by atoms with Crippen molar-refractivity contribution in [3.63, 3.8) is 0 Å². The lowest BCUT2D eigenvalue weighted by atomic mass is 10.2. The van der Waals surface area contributed by atoms with Crippen molar-refractivity contribution in [2.45, 2.75) is 25.8 Å². The molecule has 1 fully saturated rings. The lowest BCUT2D eigenvalue weighted by Crippen LogP contribution is -2.47. The SMILES string of the molecule is COc1cc2[nH]c(=O)n(CCCC(=O)NCCCN3CCN(c4cccc(Cl)c4)CC3)c(=O)c2cc1OC. The standard InChI is InChI=1S/C27H34ClN5O5/c1-37-23-17-21-22(18-24(23)38-2)30-27(36)33(26(21)35)11-4-8-25(34)29-9-5-10-31-12-14-32(15-13-31)20-7-3-6-19(28)16-20/h3,6-7,16-18H,4-5,8-15H2,1-2H3,(H,29,34)(H,30,36). The van der Waals surface area contributed by atoms with Crippen molar-refractivity contribution in [3.05, 3.63) is 62.3 Å². The van der Waals surface area contributed by atoms with Gasteiger partial charge >= 0.3 is 5.69 Å². The van der Waals surface area contributed by atoms with Gasteiger partial charge in [-0.25, -0.2) is 4.79 Å². The van der Waals surface area contributed by atoms with Crippen LogP contribution in [0.2, 0.25) is 5.02 Å². The fraction of sp³-hybridized carbons (Fsp3) is 0.444. The van der Waals surface area contributed by atoms with E-state index in [2.05, 4.69) is 26.2 Å². The van der Waals surface area contributed by atoms with Gasteiger partial charge in [0.1, 0.15) is 0 Å². The van der Waals surface area contributed by atoms with Gasteiger partial charge in [-0.05, 0) is 43.7 Å². The lowest BCUT2D eigenvalue weighted by Gasteiger charge is -2.36. The molecule has 1 aliphatic rings. The molecule has 1 saturated heterocycles. The number of rotatable bonds is 11. The van der Waals surface area contributed by atoms with Crippen LogP contribution in [0.5, 0.6) is 11.5 Å². The highest BCUT2D eigenvalue weighted by atomic mass is 35.5. The van der Waals surface area contributed by atoms with Crippen LogP contribution in [0.25, 0.3) is 10.9 Å². The number of nitrogens with zero attached hydrogens (tertiary/aromatic N) is 3. The topological polar surface area (TPSA) is 109 Å². The molecule has 11 heteroatoms. The summed E-state index contributed by atoms with van der Waals surface area (Å²) in [6.45, 7) is 5.47. The van der Waals surface area contributed by atoms with Gasteiger partial charge in [0.05, 0.1) is 25.1 Å². The van der Waals surface area contributed by atoms with Crippen LogP contribution in [-0.2, 0) is 11.3 Å². The van der Waals surface area contributed by atoms with Gasteiger partial charge in [0.25, 0.3) is 5.56 Å². The number of nitrogens with one attached hydrogen (secondary N) is 2. The Morgan fingerprint density at radius 1 is 1.00 bits per heavy atom. The molecular formula is C27H34ClN5O5. The first kappa shape index (κ1) is 27.5. The molecule has 2 heterocycles. The van der Waals surface area contributed by atoms with Crippen LogP contribution in [0.4, 0.5) is 5.69 Å². The Bertz CT molecular complexity index is 1380. The Hall–Kier alpha value is -3.50. The maximum Gasteiger partial charge on any atom is 0.328 e. The Kier molecular flexibility index (Phi) is 9.30. The van der Waals surface area contributed by atoms with Gasteiger partial charge in [0.2, 0.25) is 5.91 Å². The number of carbonyl (C=O) groups is 1. The van der Waals surface area contributed by atoms with E-state index < -0.39 is 11.2 Å². The smallest absolute Gasteiger partial charge is 0.328 e. The number of aromatic amines is 1. The number of aromatic nitrogens is 2. The molecule has 2 aromatic carbocycles. The number of piperazine rings is 1. The first-order valence-corrected chi connectivity index (χ1v) is 13.2. The minimum Gasteiger partial charge on any atom is -0.493 e. The number of carbonyl (C=O) groups excluding carboxylic acids is 1. The predicted octanol–water partition coefficient (Wildman–Crippen LogP) is 2.47. The van der Waals surface area contributed by atoms with Gasteiger partial charge in [-0.2, -0.15) is 0 Å². The number of fused-ring (bicyclic) bond motifs is 1. The molecule has 0 radical (unpaired) electrons. The Balaban J connectivity index is 1.19. The van der Waals surface area contributed by atoms with E-state index in [-0.39, 0.29) is 18.9 Å².